The first-order valence-electron chi connectivity index (χ1n) is 15.5. The minimum absolute atomic E-state index is 0.141. The Kier molecular flexibility index (Phi) is 15.0. The third kappa shape index (κ3) is 13.1. The maximum atomic E-state index is 12.2. The second-order valence-electron chi connectivity index (χ2n) is 10.9. The molecule has 0 atom stereocenters. The molecule has 39 heavy (non-hydrogen) atoms. The monoisotopic (exact) mass is 527 g/mol. The van der Waals surface area contributed by atoms with Gasteiger partial charge in [0.05, 0.1) is 5.69 Å². The smallest absolute Gasteiger partial charge is 0.311 e. The number of carbonyl (C=O) groups is 1. The Bertz CT molecular complexity index is 1010. The number of ether oxygens (including phenoxy) is 1. The normalized spacial score (nSPS) is 13.1. The van der Waals surface area contributed by atoms with E-state index in [1.807, 2.05) is 42.6 Å². The van der Waals surface area contributed by atoms with E-state index in [0.717, 1.165) is 24.1 Å². The van der Waals surface area contributed by atoms with Crippen molar-refractivity contribution >= 4 is 17.9 Å². The van der Waals surface area contributed by atoms with Crippen LogP contribution in [-0.4, -0.2) is 12.2 Å². The van der Waals surface area contributed by atoms with Crippen molar-refractivity contribution in [2.75, 3.05) is 0 Å². The molecule has 2 aromatic carbocycles. The zero-order valence-electron chi connectivity index (χ0n) is 24.2. The minimum atomic E-state index is -0.141. The van der Waals surface area contributed by atoms with E-state index in [0.29, 0.717) is 18.1 Å². The van der Waals surface area contributed by atoms with Gasteiger partial charge in [-0.1, -0.05) is 133 Å². The zero-order chi connectivity index (χ0) is 27.4. The topological polar surface area (TPSA) is 38.7 Å². The molecule has 0 radical (unpaired) electrons. The van der Waals surface area contributed by atoms with Crippen molar-refractivity contribution in [3.8, 4) is 5.75 Å². The van der Waals surface area contributed by atoms with E-state index in [1.165, 1.54) is 89.0 Å². The SMILES string of the molecule is CCCCCCCCCCCCCCCCCC(=O)Oc1ccc(C=Nc2ccc(C3C=CC=C3)cc2)cc1. The molecule has 210 valence electrons. The van der Waals surface area contributed by atoms with Crippen LogP contribution in [0.25, 0.3) is 0 Å². The predicted molar refractivity (Wildman–Crippen MR) is 166 cm³/mol. The maximum absolute atomic E-state index is 12.2. The van der Waals surface area contributed by atoms with Gasteiger partial charge in [-0.2, -0.15) is 0 Å². The molecule has 0 fully saturated rings. The molecular formula is C36H49NO2. The van der Waals surface area contributed by atoms with E-state index in [4.69, 9.17) is 4.74 Å². The molecule has 0 aliphatic heterocycles. The fraction of sp³-hybridized carbons (Fsp3) is 0.500. The lowest BCUT2D eigenvalue weighted by Gasteiger charge is -2.06. The Morgan fingerprint density at radius 1 is 0.692 bits per heavy atom. The van der Waals surface area contributed by atoms with Crippen LogP contribution in [-0.2, 0) is 4.79 Å². The second kappa shape index (κ2) is 19.2. The fourth-order valence-corrected chi connectivity index (χ4v) is 5.03. The number of nitrogens with zero attached hydrogens (tertiary/aromatic N) is 1. The highest BCUT2D eigenvalue weighted by Gasteiger charge is 2.07. The Hall–Kier alpha value is -2.94. The number of carbonyl (C=O) groups excluding carboxylic acids is 1. The van der Waals surface area contributed by atoms with Crippen molar-refractivity contribution in [2.24, 2.45) is 4.99 Å². The molecule has 0 saturated heterocycles. The molecule has 0 amide bonds. The number of esters is 1. The van der Waals surface area contributed by atoms with Gasteiger partial charge in [0.25, 0.3) is 0 Å². The number of allylic oxidation sites excluding steroid dienone is 4. The number of hydrogen-bond acceptors (Lipinski definition) is 3. The van der Waals surface area contributed by atoms with Crippen LogP contribution in [0.15, 0.2) is 77.8 Å². The van der Waals surface area contributed by atoms with Gasteiger partial charge in [0.2, 0.25) is 0 Å². The van der Waals surface area contributed by atoms with Gasteiger partial charge in [-0.25, -0.2) is 0 Å². The average Bonchev–Trinajstić information content (AvgIpc) is 3.50. The van der Waals surface area contributed by atoms with E-state index >= 15 is 0 Å². The van der Waals surface area contributed by atoms with Crippen molar-refractivity contribution in [2.45, 2.75) is 116 Å². The van der Waals surface area contributed by atoms with Crippen molar-refractivity contribution in [1.29, 1.82) is 0 Å². The summed E-state index contributed by atoms with van der Waals surface area (Å²) in [6.07, 6.45) is 30.7. The summed E-state index contributed by atoms with van der Waals surface area (Å²) < 4.78 is 5.52. The lowest BCUT2D eigenvalue weighted by Crippen LogP contribution is -2.07. The molecule has 0 saturated carbocycles. The number of benzene rings is 2. The number of hydrogen-bond donors (Lipinski definition) is 0. The van der Waals surface area contributed by atoms with Crippen LogP contribution in [0.2, 0.25) is 0 Å². The summed E-state index contributed by atoms with van der Waals surface area (Å²) in [4.78, 5) is 16.8. The first kappa shape index (κ1) is 30.6. The van der Waals surface area contributed by atoms with Gasteiger partial charge in [-0.05, 0) is 53.9 Å². The van der Waals surface area contributed by atoms with Gasteiger partial charge in [0, 0.05) is 18.6 Å². The van der Waals surface area contributed by atoms with E-state index < -0.39 is 0 Å². The summed E-state index contributed by atoms with van der Waals surface area (Å²) in [6.45, 7) is 2.28. The van der Waals surface area contributed by atoms with Crippen LogP contribution in [0.3, 0.4) is 0 Å². The van der Waals surface area contributed by atoms with E-state index in [-0.39, 0.29) is 5.97 Å². The highest BCUT2D eigenvalue weighted by Crippen LogP contribution is 2.25. The van der Waals surface area contributed by atoms with Crippen LogP contribution in [0.5, 0.6) is 5.75 Å². The highest BCUT2D eigenvalue weighted by molar-refractivity contribution is 5.82. The summed E-state index contributed by atoms with van der Waals surface area (Å²) in [7, 11) is 0. The van der Waals surface area contributed by atoms with Crippen molar-refractivity contribution in [1.82, 2.24) is 0 Å². The van der Waals surface area contributed by atoms with Crippen LogP contribution in [0, 0.1) is 0 Å². The standard InChI is InChI=1S/C36H49NO2/c1-2-3-4-5-6-7-8-9-10-11-12-13-14-15-16-21-36(38)39-35-28-22-31(23-29-35)30-37-34-26-24-33(25-27-34)32-19-17-18-20-32/h17-20,22-30,32H,2-16,21H2,1H3. The van der Waals surface area contributed by atoms with Crippen LogP contribution in [0.4, 0.5) is 5.69 Å². The molecule has 3 rings (SSSR count). The molecule has 0 aromatic heterocycles. The molecule has 3 heteroatoms. The summed E-state index contributed by atoms with van der Waals surface area (Å²) in [5, 5.41) is 0. The molecule has 2 aromatic rings. The Morgan fingerprint density at radius 3 is 1.74 bits per heavy atom. The van der Waals surface area contributed by atoms with Gasteiger partial charge < -0.3 is 4.74 Å². The molecule has 1 aliphatic rings. The summed E-state index contributed by atoms with van der Waals surface area (Å²) >= 11 is 0. The molecule has 3 nitrogen and oxygen atoms in total. The Labute approximate surface area is 237 Å². The molecule has 0 bridgehead atoms. The number of aliphatic imine (C=N–C) groups is 1. The first-order chi connectivity index (χ1) is 19.2. The molecular weight excluding hydrogens is 478 g/mol. The summed E-state index contributed by atoms with van der Waals surface area (Å²) in [5.74, 6) is 0.829. The first-order valence-corrected chi connectivity index (χ1v) is 15.5. The summed E-state index contributed by atoms with van der Waals surface area (Å²) in [5.41, 5.74) is 3.17. The highest BCUT2D eigenvalue weighted by atomic mass is 16.5. The van der Waals surface area contributed by atoms with Crippen molar-refractivity contribution < 1.29 is 9.53 Å². The van der Waals surface area contributed by atoms with Crippen LogP contribution in [0.1, 0.15) is 127 Å². The molecule has 0 unspecified atom stereocenters. The Balaban J connectivity index is 1.19. The molecule has 1 aliphatic carbocycles. The lowest BCUT2D eigenvalue weighted by atomic mass is 10.0. The fourth-order valence-electron chi connectivity index (χ4n) is 5.03. The van der Waals surface area contributed by atoms with Gasteiger partial charge in [0.15, 0.2) is 0 Å². The molecule has 0 heterocycles. The second-order valence-corrected chi connectivity index (χ2v) is 10.9. The largest absolute Gasteiger partial charge is 0.427 e. The zero-order valence-corrected chi connectivity index (χ0v) is 24.2. The predicted octanol–water partition coefficient (Wildman–Crippen LogP) is 10.8. The van der Waals surface area contributed by atoms with Crippen LogP contribution >= 0.6 is 0 Å². The van der Waals surface area contributed by atoms with E-state index in [2.05, 4.69) is 48.4 Å². The van der Waals surface area contributed by atoms with Gasteiger partial charge in [-0.15, -0.1) is 0 Å². The number of rotatable bonds is 20. The number of unbranched alkanes of at least 4 members (excludes halogenated alkanes) is 14. The lowest BCUT2D eigenvalue weighted by molar-refractivity contribution is -0.134. The van der Waals surface area contributed by atoms with Crippen LogP contribution < -0.4 is 4.74 Å². The van der Waals surface area contributed by atoms with Crippen molar-refractivity contribution in [3.63, 3.8) is 0 Å². The summed E-state index contributed by atoms with van der Waals surface area (Å²) in [6, 6.07) is 15.9. The Morgan fingerprint density at radius 2 is 1.21 bits per heavy atom. The van der Waals surface area contributed by atoms with Gasteiger partial charge in [-0.3, -0.25) is 9.79 Å². The maximum Gasteiger partial charge on any atom is 0.311 e. The van der Waals surface area contributed by atoms with Crippen molar-refractivity contribution in [3.05, 3.63) is 84.0 Å². The minimum Gasteiger partial charge on any atom is -0.427 e. The van der Waals surface area contributed by atoms with Gasteiger partial charge >= 0.3 is 5.97 Å². The molecule has 0 spiro atoms. The van der Waals surface area contributed by atoms with E-state index in [9.17, 15) is 4.79 Å². The molecule has 0 N–H and O–H groups in total. The van der Waals surface area contributed by atoms with Gasteiger partial charge in [0.1, 0.15) is 5.75 Å². The third-order valence-corrected chi connectivity index (χ3v) is 7.48. The quantitative estimate of drug-likeness (QED) is 0.0743. The van der Waals surface area contributed by atoms with E-state index in [1.54, 1.807) is 0 Å². The third-order valence-electron chi connectivity index (χ3n) is 7.48. The average molecular weight is 528 g/mol.